The third kappa shape index (κ3) is 10.6. The molecular formula is C30H34Cl2N2O2RuS. The van der Waals surface area contributed by atoms with Crippen molar-refractivity contribution in [1.82, 2.24) is 4.72 Å². The first-order valence-electron chi connectivity index (χ1n) is 11.9. The summed E-state index contributed by atoms with van der Waals surface area (Å²) < 4.78 is 28.6. The van der Waals surface area contributed by atoms with Gasteiger partial charge in [-0.05, 0) is 51.0 Å². The first-order chi connectivity index (χ1) is 18.1. The minimum absolute atomic E-state index is 0.226. The Morgan fingerprint density at radius 2 is 1.05 bits per heavy atom. The summed E-state index contributed by atoms with van der Waals surface area (Å²) in [6.07, 6.45) is 0. The minimum atomic E-state index is -3.71. The summed E-state index contributed by atoms with van der Waals surface area (Å²) >= 11 is -0.346. The van der Waals surface area contributed by atoms with Gasteiger partial charge in [-0.25, -0.2) is 13.1 Å². The number of nitrogens with one attached hydrogen (secondary N) is 1. The second-order valence-electron chi connectivity index (χ2n) is 8.97. The Bertz CT molecular complexity index is 1300. The molecule has 4 aromatic carbocycles. The summed E-state index contributed by atoms with van der Waals surface area (Å²) in [5, 5.41) is 0. The van der Waals surface area contributed by atoms with Crippen LogP contribution in [0.5, 0.6) is 0 Å². The standard InChI is InChI=1S/C21H22N2O2S.C9H12.2ClH.Ru/c1-16-12-14-19(15-13-16)26(24,25)23-21(18-10-6-3-7-11-18)20(22)17-8-4-2-5-9-17;1-7-4-8(2)6-9(3)5-7;;;/h2-15,20-21,23H,22H2,1H3;4-6H,1-3H3;2*1H;/q;;;;+2/p-2/t20-,21-;;;;/m0..../s1. The van der Waals surface area contributed by atoms with Crippen LogP contribution in [-0.2, 0) is 25.2 Å². The van der Waals surface area contributed by atoms with E-state index in [1.165, 1.54) is 16.7 Å². The van der Waals surface area contributed by atoms with Gasteiger partial charge in [0.25, 0.3) is 0 Å². The van der Waals surface area contributed by atoms with Crippen LogP contribution in [0.3, 0.4) is 0 Å². The monoisotopic (exact) mass is 658 g/mol. The van der Waals surface area contributed by atoms with Crippen LogP contribution in [0.25, 0.3) is 0 Å². The molecular weight excluding hydrogens is 624 g/mol. The second kappa shape index (κ2) is 16.1. The second-order valence-corrected chi connectivity index (χ2v) is 13.3. The Hall–Kier alpha value is -2.05. The summed E-state index contributed by atoms with van der Waals surface area (Å²) in [4.78, 5) is 0.226. The van der Waals surface area contributed by atoms with Gasteiger partial charge < -0.3 is 5.73 Å². The Morgan fingerprint density at radius 1 is 0.658 bits per heavy atom. The Balaban J connectivity index is 0.000000351. The topological polar surface area (TPSA) is 72.2 Å². The van der Waals surface area contributed by atoms with Crippen molar-refractivity contribution >= 4 is 29.4 Å². The van der Waals surface area contributed by atoms with Crippen molar-refractivity contribution in [2.45, 2.75) is 44.7 Å². The Kier molecular flexibility index (Phi) is 13.7. The number of hydrogen-bond acceptors (Lipinski definition) is 3. The molecule has 3 N–H and O–H groups in total. The van der Waals surface area contributed by atoms with Gasteiger partial charge in [0.15, 0.2) is 0 Å². The Morgan fingerprint density at radius 3 is 1.47 bits per heavy atom. The zero-order valence-corrected chi connectivity index (χ0v) is 25.9. The van der Waals surface area contributed by atoms with E-state index in [1.54, 1.807) is 24.3 Å². The number of benzene rings is 4. The predicted octanol–water partition coefficient (Wildman–Crippen LogP) is 7.70. The van der Waals surface area contributed by atoms with E-state index in [9.17, 15) is 8.42 Å². The van der Waals surface area contributed by atoms with Gasteiger partial charge in [0.1, 0.15) is 0 Å². The quantitative estimate of drug-likeness (QED) is 0.209. The fourth-order valence-electron chi connectivity index (χ4n) is 4.03. The average molecular weight is 659 g/mol. The zero-order chi connectivity index (χ0) is 28.1. The van der Waals surface area contributed by atoms with Gasteiger partial charge in [0.05, 0.1) is 17.0 Å². The van der Waals surface area contributed by atoms with Crippen molar-refractivity contribution in [3.05, 3.63) is 137 Å². The zero-order valence-electron chi connectivity index (χ0n) is 21.9. The molecule has 0 saturated carbocycles. The van der Waals surface area contributed by atoms with Crippen LogP contribution in [0.4, 0.5) is 0 Å². The van der Waals surface area contributed by atoms with E-state index < -0.39 is 22.1 Å². The van der Waals surface area contributed by atoms with Crippen LogP contribution >= 0.6 is 19.4 Å². The summed E-state index contributed by atoms with van der Waals surface area (Å²) in [5.41, 5.74) is 13.2. The van der Waals surface area contributed by atoms with Crippen LogP contribution in [0.2, 0.25) is 0 Å². The normalized spacial score (nSPS) is 12.4. The number of rotatable bonds is 6. The molecule has 0 amide bonds. The van der Waals surface area contributed by atoms with Crippen molar-refractivity contribution in [3.63, 3.8) is 0 Å². The van der Waals surface area contributed by atoms with Crippen LogP contribution < -0.4 is 10.5 Å². The van der Waals surface area contributed by atoms with E-state index in [0.29, 0.717) is 0 Å². The van der Waals surface area contributed by atoms with E-state index in [4.69, 9.17) is 25.1 Å². The van der Waals surface area contributed by atoms with Gasteiger partial charge in [-0.1, -0.05) is 113 Å². The van der Waals surface area contributed by atoms with Crippen molar-refractivity contribution in [3.8, 4) is 0 Å². The molecule has 0 aromatic heterocycles. The molecule has 0 aliphatic heterocycles. The first-order valence-corrected chi connectivity index (χ1v) is 17.9. The molecule has 0 saturated heterocycles. The summed E-state index contributed by atoms with van der Waals surface area (Å²) in [5.74, 6) is 0. The maximum absolute atomic E-state index is 12.9. The molecule has 0 aliphatic carbocycles. The molecule has 0 bridgehead atoms. The summed E-state index contributed by atoms with van der Waals surface area (Å²) in [7, 11) is 6.00. The van der Waals surface area contributed by atoms with E-state index in [-0.39, 0.29) is 20.0 Å². The molecule has 0 radical (unpaired) electrons. The van der Waals surface area contributed by atoms with Crippen LogP contribution in [0, 0.1) is 27.7 Å². The van der Waals surface area contributed by atoms with E-state index in [2.05, 4.69) is 43.7 Å². The molecule has 0 spiro atoms. The van der Waals surface area contributed by atoms with Gasteiger partial charge in [-0.15, -0.1) is 0 Å². The van der Waals surface area contributed by atoms with E-state index >= 15 is 0 Å². The fourth-order valence-corrected chi connectivity index (χ4v) is 5.28. The van der Waals surface area contributed by atoms with Gasteiger partial charge in [-0.2, -0.15) is 0 Å². The van der Waals surface area contributed by atoms with Crippen molar-refractivity contribution < 1.29 is 23.6 Å². The molecule has 4 aromatic rings. The molecule has 0 aliphatic rings. The van der Waals surface area contributed by atoms with E-state index in [0.717, 1.165) is 16.7 Å². The van der Waals surface area contributed by atoms with Crippen molar-refractivity contribution in [2.24, 2.45) is 5.73 Å². The van der Waals surface area contributed by atoms with Gasteiger partial charge >= 0.3 is 34.5 Å². The van der Waals surface area contributed by atoms with Crippen LogP contribution in [0.1, 0.15) is 45.5 Å². The molecule has 0 unspecified atom stereocenters. The first kappa shape index (κ1) is 32.2. The third-order valence-corrected chi connectivity index (χ3v) is 7.14. The van der Waals surface area contributed by atoms with Crippen molar-refractivity contribution in [1.29, 1.82) is 0 Å². The van der Waals surface area contributed by atoms with Gasteiger partial charge in [0, 0.05) is 0 Å². The van der Waals surface area contributed by atoms with E-state index in [1.807, 2.05) is 67.6 Å². The molecule has 2 atom stereocenters. The number of halogens is 2. The molecule has 4 rings (SSSR count). The van der Waals surface area contributed by atoms with Crippen molar-refractivity contribution in [2.75, 3.05) is 0 Å². The molecule has 204 valence electrons. The van der Waals surface area contributed by atoms with Gasteiger partial charge in [-0.3, -0.25) is 0 Å². The Labute approximate surface area is 243 Å². The summed E-state index contributed by atoms with van der Waals surface area (Å²) in [6.45, 7) is 8.29. The molecule has 4 nitrogen and oxygen atoms in total. The molecule has 0 fully saturated rings. The number of hydrogen-bond donors (Lipinski definition) is 2. The molecule has 38 heavy (non-hydrogen) atoms. The number of aryl methyl sites for hydroxylation is 4. The predicted molar refractivity (Wildman–Crippen MR) is 156 cm³/mol. The van der Waals surface area contributed by atoms with Gasteiger partial charge in [0.2, 0.25) is 10.0 Å². The number of nitrogens with two attached hydrogens (primary N) is 1. The third-order valence-electron chi connectivity index (χ3n) is 5.68. The number of sulfonamides is 1. The fraction of sp³-hybridized carbons (Fsp3) is 0.200. The van der Waals surface area contributed by atoms with Crippen LogP contribution in [0.15, 0.2) is 108 Å². The molecule has 0 heterocycles. The summed E-state index contributed by atoms with van der Waals surface area (Å²) in [6, 6.07) is 31.1. The SMILES string of the molecule is Cc1cc(C)cc(C)c1.Cc1ccc(S(=O)(=O)N[C@@H](c2ccccc2)[C@@H](N)c2ccccc2)cc1.[Cl][Ru][Cl]. The molecule has 8 heteroatoms. The average Bonchev–Trinajstić information content (AvgIpc) is 2.88. The maximum atomic E-state index is 12.9. The van der Waals surface area contributed by atoms with Crippen LogP contribution in [-0.4, -0.2) is 8.42 Å².